The standard InChI is InChI=1S/C22H14F3N3OS/c23-22(24,25)18-5-3-14(4-6-18)21(29)28-19-8-16(11-27-12-19)20-9-17(13-30-20)15-2-1-7-26-10-15/h1-13H,(H,28,29). The first-order valence-electron chi connectivity index (χ1n) is 8.83. The lowest BCUT2D eigenvalue weighted by Crippen LogP contribution is -2.13. The maximum atomic E-state index is 12.7. The van der Waals surface area contributed by atoms with Crippen LogP contribution >= 0.6 is 11.3 Å². The van der Waals surface area contributed by atoms with Crippen LogP contribution in [0.5, 0.6) is 0 Å². The van der Waals surface area contributed by atoms with Crippen LogP contribution in [0.25, 0.3) is 21.6 Å². The largest absolute Gasteiger partial charge is 0.416 e. The third-order valence-electron chi connectivity index (χ3n) is 4.35. The van der Waals surface area contributed by atoms with Crippen molar-refractivity contribution in [1.82, 2.24) is 9.97 Å². The minimum Gasteiger partial charge on any atom is -0.321 e. The van der Waals surface area contributed by atoms with Crippen LogP contribution in [0.4, 0.5) is 18.9 Å². The summed E-state index contributed by atoms with van der Waals surface area (Å²) in [5, 5.41) is 4.69. The molecule has 1 amide bonds. The Morgan fingerprint density at radius 2 is 1.67 bits per heavy atom. The second-order valence-corrected chi connectivity index (χ2v) is 7.34. The lowest BCUT2D eigenvalue weighted by molar-refractivity contribution is -0.137. The molecule has 0 saturated carbocycles. The minimum absolute atomic E-state index is 0.128. The quantitative estimate of drug-likeness (QED) is 0.427. The fourth-order valence-corrected chi connectivity index (χ4v) is 3.73. The Labute approximate surface area is 174 Å². The first kappa shape index (κ1) is 19.8. The van der Waals surface area contributed by atoms with Gasteiger partial charge in [-0.3, -0.25) is 14.8 Å². The molecule has 4 nitrogen and oxygen atoms in total. The summed E-state index contributed by atoms with van der Waals surface area (Å²) in [6, 6.07) is 11.7. The SMILES string of the molecule is O=C(Nc1cncc(-c2cc(-c3cccnc3)cs2)c1)c1ccc(C(F)(F)F)cc1. The number of halogens is 3. The normalized spacial score (nSPS) is 11.3. The molecule has 8 heteroatoms. The number of carbonyl (C=O) groups excluding carboxylic acids is 1. The first-order chi connectivity index (χ1) is 14.4. The van der Waals surface area contributed by atoms with Gasteiger partial charge in [-0.2, -0.15) is 13.2 Å². The number of anilines is 1. The molecule has 0 aliphatic carbocycles. The molecular formula is C22H14F3N3OS. The fourth-order valence-electron chi connectivity index (χ4n) is 2.83. The van der Waals surface area contributed by atoms with E-state index in [0.717, 1.165) is 45.8 Å². The summed E-state index contributed by atoms with van der Waals surface area (Å²) in [5.74, 6) is -0.509. The molecule has 0 aliphatic heterocycles. The number of amides is 1. The van der Waals surface area contributed by atoms with Crippen molar-refractivity contribution in [2.24, 2.45) is 0 Å². The van der Waals surface area contributed by atoms with E-state index in [2.05, 4.69) is 15.3 Å². The lowest BCUT2D eigenvalue weighted by atomic mass is 10.1. The number of aromatic nitrogens is 2. The van der Waals surface area contributed by atoms with Crippen LogP contribution < -0.4 is 5.32 Å². The van der Waals surface area contributed by atoms with Gasteiger partial charge in [-0.05, 0) is 53.4 Å². The Hall–Kier alpha value is -3.52. The van der Waals surface area contributed by atoms with Crippen molar-refractivity contribution in [2.45, 2.75) is 6.18 Å². The van der Waals surface area contributed by atoms with Gasteiger partial charge in [0.05, 0.1) is 17.4 Å². The van der Waals surface area contributed by atoms with Crippen molar-refractivity contribution >= 4 is 22.9 Å². The van der Waals surface area contributed by atoms with Crippen LogP contribution in [0.1, 0.15) is 15.9 Å². The summed E-state index contributed by atoms with van der Waals surface area (Å²) in [7, 11) is 0. The summed E-state index contributed by atoms with van der Waals surface area (Å²) in [4.78, 5) is 21.6. The van der Waals surface area contributed by atoms with Gasteiger partial charge in [0.25, 0.3) is 5.91 Å². The van der Waals surface area contributed by atoms with E-state index >= 15 is 0 Å². The number of alkyl halides is 3. The van der Waals surface area contributed by atoms with Crippen molar-refractivity contribution < 1.29 is 18.0 Å². The van der Waals surface area contributed by atoms with Gasteiger partial charge in [0, 0.05) is 40.2 Å². The summed E-state index contributed by atoms with van der Waals surface area (Å²) in [5.41, 5.74) is 2.63. The highest BCUT2D eigenvalue weighted by Crippen LogP contribution is 2.33. The second kappa shape index (κ2) is 8.08. The highest BCUT2D eigenvalue weighted by molar-refractivity contribution is 7.14. The smallest absolute Gasteiger partial charge is 0.321 e. The highest BCUT2D eigenvalue weighted by atomic mass is 32.1. The zero-order valence-corrected chi connectivity index (χ0v) is 16.2. The van der Waals surface area contributed by atoms with E-state index in [1.807, 2.05) is 23.6 Å². The zero-order valence-electron chi connectivity index (χ0n) is 15.4. The molecule has 0 saturated heterocycles. The van der Waals surface area contributed by atoms with Gasteiger partial charge in [-0.1, -0.05) is 6.07 Å². The maximum Gasteiger partial charge on any atom is 0.416 e. The van der Waals surface area contributed by atoms with E-state index in [1.165, 1.54) is 17.5 Å². The molecule has 0 radical (unpaired) electrons. The molecule has 3 aromatic heterocycles. The van der Waals surface area contributed by atoms with Gasteiger partial charge in [-0.25, -0.2) is 0 Å². The average Bonchev–Trinajstić information content (AvgIpc) is 3.24. The number of hydrogen-bond acceptors (Lipinski definition) is 4. The average molecular weight is 425 g/mol. The van der Waals surface area contributed by atoms with Crippen molar-refractivity contribution in [1.29, 1.82) is 0 Å². The predicted octanol–water partition coefficient (Wildman–Crippen LogP) is 6.14. The molecular weight excluding hydrogens is 411 g/mol. The van der Waals surface area contributed by atoms with Crippen molar-refractivity contribution in [3.63, 3.8) is 0 Å². The summed E-state index contributed by atoms with van der Waals surface area (Å²) in [6.45, 7) is 0. The topological polar surface area (TPSA) is 54.9 Å². The molecule has 0 atom stereocenters. The lowest BCUT2D eigenvalue weighted by Gasteiger charge is -2.09. The number of nitrogens with zero attached hydrogens (tertiary/aromatic N) is 2. The summed E-state index contributed by atoms with van der Waals surface area (Å²) in [6.07, 6.45) is 2.23. The number of carbonyl (C=O) groups is 1. The highest BCUT2D eigenvalue weighted by Gasteiger charge is 2.30. The summed E-state index contributed by atoms with van der Waals surface area (Å²) >= 11 is 1.54. The van der Waals surface area contributed by atoms with Crippen LogP contribution in [0.15, 0.2) is 78.7 Å². The Morgan fingerprint density at radius 1 is 0.900 bits per heavy atom. The van der Waals surface area contributed by atoms with E-state index in [0.29, 0.717) is 5.69 Å². The van der Waals surface area contributed by atoms with E-state index in [1.54, 1.807) is 24.7 Å². The monoisotopic (exact) mass is 425 g/mol. The Balaban J connectivity index is 1.51. The van der Waals surface area contributed by atoms with Crippen LogP contribution in [-0.2, 0) is 6.18 Å². The third kappa shape index (κ3) is 4.38. The molecule has 0 unspecified atom stereocenters. The third-order valence-corrected chi connectivity index (χ3v) is 5.33. The molecule has 4 rings (SSSR count). The molecule has 4 aromatic rings. The molecule has 1 aromatic carbocycles. The second-order valence-electron chi connectivity index (χ2n) is 6.43. The van der Waals surface area contributed by atoms with Crippen molar-refractivity contribution in [2.75, 3.05) is 5.32 Å². The van der Waals surface area contributed by atoms with Crippen LogP contribution in [0, 0.1) is 0 Å². The number of rotatable bonds is 4. The van der Waals surface area contributed by atoms with Crippen LogP contribution in [0.3, 0.4) is 0 Å². The molecule has 0 fully saturated rings. The molecule has 1 N–H and O–H groups in total. The Morgan fingerprint density at radius 3 is 2.37 bits per heavy atom. The molecule has 150 valence electrons. The first-order valence-corrected chi connectivity index (χ1v) is 9.71. The number of thiophene rings is 1. The van der Waals surface area contributed by atoms with Gasteiger partial charge in [0.2, 0.25) is 0 Å². The molecule has 30 heavy (non-hydrogen) atoms. The molecule has 3 heterocycles. The number of nitrogens with one attached hydrogen (secondary N) is 1. The molecule has 0 spiro atoms. The Bertz CT molecular complexity index is 1170. The van der Waals surface area contributed by atoms with Crippen molar-refractivity contribution in [3.8, 4) is 21.6 Å². The van der Waals surface area contributed by atoms with Crippen molar-refractivity contribution in [3.05, 3.63) is 89.8 Å². The summed E-state index contributed by atoms with van der Waals surface area (Å²) < 4.78 is 38.0. The fraction of sp³-hybridized carbons (Fsp3) is 0.0455. The minimum atomic E-state index is -4.44. The number of pyridine rings is 2. The van der Waals surface area contributed by atoms with Gasteiger partial charge in [0.15, 0.2) is 0 Å². The van der Waals surface area contributed by atoms with Gasteiger partial charge in [0.1, 0.15) is 0 Å². The zero-order chi connectivity index (χ0) is 21.1. The number of benzene rings is 1. The number of hydrogen-bond donors (Lipinski definition) is 1. The predicted molar refractivity (Wildman–Crippen MR) is 110 cm³/mol. The van der Waals surface area contributed by atoms with Gasteiger partial charge < -0.3 is 5.32 Å². The van der Waals surface area contributed by atoms with E-state index in [-0.39, 0.29) is 5.56 Å². The van der Waals surface area contributed by atoms with Crippen LogP contribution in [-0.4, -0.2) is 15.9 Å². The van der Waals surface area contributed by atoms with Gasteiger partial charge in [-0.15, -0.1) is 11.3 Å². The van der Waals surface area contributed by atoms with Gasteiger partial charge >= 0.3 is 6.18 Å². The Kier molecular flexibility index (Phi) is 5.33. The van der Waals surface area contributed by atoms with E-state index < -0.39 is 17.6 Å². The van der Waals surface area contributed by atoms with E-state index in [4.69, 9.17) is 0 Å². The van der Waals surface area contributed by atoms with E-state index in [9.17, 15) is 18.0 Å². The van der Waals surface area contributed by atoms with Crippen LogP contribution in [0.2, 0.25) is 0 Å². The molecule has 0 aliphatic rings. The maximum absolute atomic E-state index is 12.7. The molecule has 0 bridgehead atoms.